The van der Waals surface area contributed by atoms with Gasteiger partial charge in [0, 0.05) is 47.8 Å². The first-order valence-corrected chi connectivity index (χ1v) is 13.6. The molecule has 2 N–H and O–H groups in total. The lowest BCUT2D eigenvalue weighted by Crippen LogP contribution is -2.30. The Kier molecular flexibility index (Phi) is 6.56. The van der Waals surface area contributed by atoms with Gasteiger partial charge in [0.2, 0.25) is 0 Å². The summed E-state index contributed by atoms with van der Waals surface area (Å²) in [5, 5.41) is 14.4. The van der Waals surface area contributed by atoms with E-state index in [9.17, 15) is 14.7 Å². The molecule has 1 atom stereocenters. The van der Waals surface area contributed by atoms with E-state index in [0.717, 1.165) is 33.3 Å². The fraction of sp³-hybridized carbons (Fsp3) is 0.194. The molecule has 0 spiro atoms. The number of amides is 2. The molecular weight excluding hydrogens is 528 g/mol. The zero-order valence-electron chi connectivity index (χ0n) is 22.0. The van der Waals surface area contributed by atoms with Gasteiger partial charge in [0.15, 0.2) is 0 Å². The molecule has 3 heterocycles. The predicted octanol–water partition coefficient (Wildman–Crippen LogP) is 6.14. The summed E-state index contributed by atoms with van der Waals surface area (Å²) in [6, 6.07) is 17.5. The van der Waals surface area contributed by atoms with Crippen LogP contribution >= 0.6 is 11.6 Å². The third kappa shape index (κ3) is 4.40. The van der Waals surface area contributed by atoms with Gasteiger partial charge < -0.3 is 24.5 Å². The summed E-state index contributed by atoms with van der Waals surface area (Å²) in [5.41, 5.74) is 4.76. The highest BCUT2D eigenvalue weighted by atomic mass is 35.5. The minimum atomic E-state index is -0.316. The largest absolute Gasteiger partial charge is 0.508 e. The minimum Gasteiger partial charge on any atom is -0.508 e. The average molecular weight is 555 g/mol. The van der Waals surface area contributed by atoms with Gasteiger partial charge in [0.1, 0.15) is 22.8 Å². The summed E-state index contributed by atoms with van der Waals surface area (Å²) < 4.78 is 7.71. The number of carbonyl (C=O) groups excluding carboxylic acids is 2. The molecule has 0 unspecified atom stereocenters. The number of nitrogens with zero attached hydrogens (tertiary/aromatic N) is 3. The molecule has 9 heteroatoms. The van der Waals surface area contributed by atoms with E-state index in [4.69, 9.17) is 16.3 Å². The van der Waals surface area contributed by atoms with Crippen molar-refractivity contribution in [3.05, 3.63) is 95.4 Å². The predicted molar refractivity (Wildman–Crippen MR) is 156 cm³/mol. The lowest BCUT2D eigenvalue weighted by Gasteiger charge is -2.19. The van der Waals surface area contributed by atoms with E-state index >= 15 is 0 Å². The minimum absolute atomic E-state index is 0.0290. The zero-order chi connectivity index (χ0) is 28.0. The van der Waals surface area contributed by atoms with E-state index in [1.54, 1.807) is 46.0 Å². The number of imidazole rings is 1. The summed E-state index contributed by atoms with van der Waals surface area (Å²) in [5.74, 6) is 0.620. The molecule has 8 nitrogen and oxygen atoms in total. The normalized spacial score (nSPS) is 14.5. The average Bonchev–Trinajstić information content (AvgIpc) is 3.54. The van der Waals surface area contributed by atoms with E-state index in [0.29, 0.717) is 35.9 Å². The number of hydrogen-bond acceptors (Lipinski definition) is 5. The molecule has 1 aliphatic heterocycles. The van der Waals surface area contributed by atoms with Crippen LogP contribution in [0.15, 0.2) is 73.1 Å². The Labute approximate surface area is 235 Å². The first-order valence-electron chi connectivity index (χ1n) is 13.0. The van der Waals surface area contributed by atoms with Crippen molar-refractivity contribution < 1.29 is 19.4 Å². The summed E-state index contributed by atoms with van der Waals surface area (Å²) >= 11 is 6.44. The van der Waals surface area contributed by atoms with Gasteiger partial charge in [-0.3, -0.25) is 9.59 Å². The van der Waals surface area contributed by atoms with Crippen molar-refractivity contribution in [3.63, 3.8) is 0 Å². The van der Waals surface area contributed by atoms with Crippen LogP contribution in [0.4, 0.5) is 11.4 Å². The van der Waals surface area contributed by atoms with Crippen LogP contribution < -0.4 is 15.0 Å². The molecule has 0 bridgehead atoms. The van der Waals surface area contributed by atoms with Crippen molar-refractivity contribution in [2.75, 3.05) is 29.2 Å². The standard InChI is InChI=1S/C31H27ClN4O4/c1-3-40-26-13-25-29(28-18(2)5-4-6-23(26)28)20(14-32)15-36(25)31(39)24-17-35-16-21(9-12-27(35)34-24)33-30(38)19-7-10-22(37)11-8-19/h4-13,16-17,20,37H,3,14-15H2,1-2H3,(H,33,38)/t20-/m0/s1. The van der Waals surface area contributed by atoms with Gasteiger partial charge in [-0.25, -0.2) is 4.98 Å². The number of halogens is 1. The van der Waals surface area contributed by atoms with Crippen LogP contribution in [0.3, 0.4) is 0 Å². The number of aryl methyl sites for hydroxylation is 1. The Morgan fingerprint density at radius 3 is 2.67 bits per heavy atom. The highest BCUT2D eigenvalue weighted by Crippen LogP contribution is 2.47. The number of pyridine rings is 1. The molecule has 1 aliphatic rings. The number of aromatic hydroxyl groups is 1. The summed E-state index contributed by atoms with van der Waals surface area (Å²) in [7, 11) is 0. The number of anilines is 2. The third-order valence-electron chi connectivity index (χ3n) is 7.24. The molecule has 0 saturated heterocycles. The fourth-order valence-corrected chi connectivity index (χ4v) is 5.65. The zero-order valence-corrected chi connectivity index (χ0v) is 22.8. The lowest BCUT2D eigenvalue weighted by atomic mass is 9.92. The van der Waals surface area contributed by atoms with E-state index in [-0.39, 0.29) is 29.2 Å². The topological polar surface area (TPSA) is 96.2 Å². The van der Waals surface area contributed by atoms with Crippen LogP contribution in [0.2, 0.25) is 0 Å². The summed E-state index contributed by atoms with van der Waals surface area (Å²) in [6.07, 6.45) is 3.37. The molecule has 0 fully saturated rings. The molecule has 0 radical (unpaired) electrons. The number of carbonyl (C=O) groups is 2. The van der Waals surface area contributed by atoms with Gasteiger partial charge in [-0.15, -0.1) is 11.6 Å². The van der Waals surface area contributed by atoms with Gasteiger partial charge >= 0.3 is 0 Å². The molecule has 6 rings (SSSR count). The van der Waals surface area contributed by atoms with Crippen LogP contribution in [0.25, 0.3) is 16.4 Å². The highest BCUT2D eigenvalue weighted by Gasteiger charge is 2.36. The van der Waals surface area contributed by atoms with Crippen LogP contribution in [0, 0.1) is 6.92 Å². The Morgan fingerprint density at radius 2 is 1.93 bits per heavy atom. The number of phenols is 1. The summed E-state index contributed by atoms with van der Waals surface area (Å²) in [4.78, 5) is 32.8. The molecule has 0 saturated carbocycles. The van der Waals surface area contributed by atoms with Crippen molar-refractivity contribution in [2.24, 2.45) is 0 Å². The van der Waals surface area contributed by atoms with Crippen molar-refractivity contribution in [2.45, 2.75) is 19.8 Å². The second-order valence-corrected chi connectivity index (χ2v) is 10.1. The number of hydrogen-bond donors (Lipinski definition) is 2. The number of nitrogens with one attached hydrogen (secondary N) is 1. The fourth-order valence-electron chi connectivity index (χ4n) is 5.40. The second kappa shape index (κ2) is 10.2. The monoisotopic (exact) mass is 554 g/mol. The SMILES string of the molecule is CCOc1cc2c(c3c(C)cccc13)[C@@H](CCl)CN2C(=O)c1cn2cc(NC(=O)c3ccc(O)cc3)ccc2n1. The number of benzene rings is 3. The van der Waals surface area contributed by atoms with E-state index < -0.39 is 0 Å². The Bertz CT molecular complexity index is 1780. The van der Waals surface area contributed by atoms with Crippen LogP contribution in [-0.4, -0.2) is 45.3 Å². The molecule has 40 heavy (non-hydrogen) atoms. The Balaban J connectivity index is 1.34. The number of rotatable bonds is 6. The van der Waals surface area contributed by atoms with E-state index in [2.05, 4.69) is 23.3 Å². The maximum Gasteiger partial charge on any atom is 0.278 e. The highest BCUT2D eigenvalue weighted by molar-refractivity contribution is 6.19. The first-order chi connectivity index (χ1) is 19.4. The van der Waals surface area contributed by atoms with E-state index in [1.165, 1.54) is 12.1 Å². The van der Waals surface area contributed by atoms with Gasteiger partial charge in [-0.2, -0.15) is 0 Å². The van der Waals surface area contributed by atoms with Crippen molar-refractivity contribution >= 4 is 51.2 Å². The van der Waals surface area contributed by atoms with Crippen molar-refractivity contribution in [1.82, 2.24) is 9.38 Å². The van der Waals surface area contributed by atoms with E-state index in [1.807, 2.05) is 25.1 Å². The molecule has 5 aromatic rings. The molecule has 0 aliphatic carbocycles. The first kappa shape index (κ1) is 25.7. The van der Waals surface area contributed by atoms with Crippen molar-refractivity contribution in [3.8, 4) is 11.5 Å². The van der Waals surface area contributed by atoms with Crippen LogP contribution in [0.5, 0.6) is 11.5 Å². The Hall–Kier alpha value is -4.56. The third-order valence-corrected chi connectivity index (χ3v) is 7.61. The number of phenolic OH excluding ortho intramolecular Hbond substituents is 1. The Morgan fingerprint density at radius 1 is 1.12 bits per heavy atom. The van der Waals surface area contributed by atoms with Gasteiger partial charge in [-0.05, 0) is 66.8 Å². The maximum atomic E-state index is 13.9. The number of alkyl halides is 1. The molecule has 202 valence electrons. The number of fused-ring (bicyclic) bond motifs is 4. The quantitative estimate of drug-likeness (QED) is 0.246. The lowest BCUT2D eigenvalue weighted by molar-refractivity contribution is 0.0982. The molecular formula is C31H27ClN4O4. The number of ether oxygens (including phenoxy) is 1. The van der Waals surface area contributed by atoms with Gasteiger partial charge in [-0.1, -0.05) is 18.2 Å². The van der Waals surface area contributed by atoms with Gasteiger partial charge in [0.25, 0.3) is 11.8 Å². The molecule has 3 aromatic carbocycles. The maximum absolute atomic E-state index is 13.9. The van der Waals surface area contributed by atoms with Crippen LogP contribution in [-0.2, 0) is 0 Å². The second-order valence-electron chi connectivity index (χ2n) is 9.82. The van der Waals surface area contributed by atoms with Gasteiger partial charge in [0.05, 0.1) is 18.0 Å². The molecule has 2 aromatic heterocycles. The summed E-state index contributed by atoms with van der Waals surface area (Å²) in [6.45, 7) is 4.96. The number of aromatic nitrogens is 2. The van der Waals surface area contributed by atoms with Crippen molar-refractivity contribution in [1.29, 1.82) is 0 Å². The van der Waals surface area contributed by atoms with Crippen LogP contribution in [0.1, 0.15) is 44.8 Å². The smallest absolute Gasteiger partial charge is 0.278 e. The molecule has 2 amide bonds.